The van der Waals surface area contributed by atoms with E-state index in [0.717, 1.165) is 24.0 Å². The molecule has 104 valence electrons. The lowest BCUT2D eigenvalue weighted by molar-refractivity contribution is 0.598. The van der Waals surface area contributed by atoms with E-state index < -0.39 is 0 Å². The first-order chi connectivity index (χ1) is 9.13. The van der Waals surface area contributed by atoms with Crippen LogP contribution in [-0.4, -0.2) is 19.6 Å². The fourth-order valence-corrected chi connectivity index (χ4v) is 2.79. The summed E-state index contributed by atoms with van der Waals surface area (Å²) < 4.78 is 1.11. The second-order valence-corrected chi connectivity index (χ2v) is 5.47. The van der Waals surface area contributed by atoms with Crippen molar-refractivity contribution in [2.24, 2.45) is 0 Å². The van der Waals surface area contributed by atoms with Gasteiger partial charge in [0.15, 0.2) is 0 Å². The summed E-state index contributed by atoms with van der Waals surface area (Å²) in [6.45, 7) is 9.06. The van der Waals surface area contributed by atoms with Crippen molar-refractivity contribution in [3.63, 3.8) is 0 Å². The van der Waals surface area contributed by atoms with Crippen LogP contribution < -0.4 is 10.2 Å². The molecule has 0 fully saturated rings. The number of terminal acetylenes is 1. The molecule has 1 atom stereocenters. The van der Waals surface area contributed by atoms with Gasteiger partial charge in [-0.3, -0.25) is 0 Å². The molecule has 0 saturated heterocycles. The lowest BCUT2D eigenvalue weighted by Crippen LogP contribution is -2.25. The first kappa shape index (κ1) is 16.1. The SMILES string of the molecule is C#CCN(CCC)c1ccc(C(C)NCC)cc1Br. The molecule has 1 N–H and O–H groups in total. The molecular formula is C16H23BrN2. The van der Waals surface area contributed by atoms with Gasteiger partial charge in [-0.05, 0) is 53.5 Å². The largest absolute Gasteiger partial charge is 0.359 e. The van der Waals surface area contributed by atoms with Crippen LogP contribution in [0.2, 0.25) is 0 Å². The molecule has 2 nitrogen and oxygen atoms in total. The Morgan fingerprint density at radius 2 is 2.16 bits per heavy atom. The van der Waals surface area contributed by atoms with Crippen molar-refractivity contribution in [1.82, 2.24) is 5.32 Å². The number of benzene rings is 1. The Balaban J connectivity index is 2.95. The van der Waals surface area contributed by atoms with Crippen molar-refractivity contribution < 1.29 is 0 Å². The highest BCUT2D eigenvalue weighted by Crippen LogP contribution is 2.29. The van der Waals surface area contributed by atoms with Gasteiger partial charge in [0.25, 0.3) is 0 Å². The smallest absolute Gasteiger partial charge is 0.0792 e. The highest BCUT2D eigenvalue weighted by molar-refractivity contribution is 9.10. The number of nitrogens with zero attached hydrogens (tertiary/aromatic N) is 1. The maximum atomic E-state index is 5.45. The summed E-state index contributed by atoms with van der Waals surface area (Å²) in [6, 6.07) is 6.87. The molecule has 0 amide bonds. The van der Waals surface area contributed by atoms with Crippen LogP contribution in [0.1, 0.15) is 38.8 Å². The molecule has 0 aliphatic carbocycles. The van der Waals surface area contributed by atoms with E-state index in [4.69, 9.17) is 6.42 Å². The van der Waals surface area contributed by atoms with Gasteiger partial charge in [0, 0.05) is 17.1 Å². The van der Waals surface area contributed by atoms with Gasteiger partial charge in [-0.2, -0.15) is 0 Å². The van der Waals surface area contributed by atoms with Crippen molar-refractivity contribution >= 4 is 21.6 Å². The molecule has 1 aromatic carbocycles. The summed E-state index contributed by atoms with van der Waals surface area (Å²) in [7, 11) is 0. The van der Waals surface area contributed by atoms with Crippen LogP contribution in [0, 0.1) is 12.3 Å². The molecule has 1 rings (SSSR count). The van der Waals surface area contributed by atoms with E-state index in [-0.39, 0.29) is 0 Å². The van der Waals surface area contributed by atoms with Crippen LogP contribution in [0.25, 0.3) is 0 Å². The zero-order valence-electron chi connectivity index (χ0n) is 12.0. The summed E-state index contributed by atoms with van der Waals surface area (Å²) >= 11 is 3.67. The van der Waals surface area contributed by atoms with Crippen LogP contribution in [-0.2, 0) is 0 Å². The van der Waals surface area contributed by atoms with Gasteiger partial charge in [0.05, 0.1) is 12.2 Å². The molecule has 19 heavy (non-hydrogen) atoms. The minimum absolute atomic E-state index is 0.364. The first-order valence-electron chi connectivity index (χ1n) is 6.85. The van der Waals surface area contributed by atoms with Crippen LogP contribution in [0.3, 0.4) is 0 Å². The molecule has 1 aromatic rings. The number of hydrogen-bond donors (Lipinski definition) is 1. The maximum absolute atomic E-state index is 5.45. The van der Waals surface area contributed by atoms with Gasteiger partial charge in [-0.15, -0.1) is 6.42 Å². The molecule has 0 bridgehead atoms. The van der Waals surface area contributed by atoms with Crippen molar-refractivity contribution in [3.8, 4) is 12.3 Å². The van der Waals surface area contributed by atoms with E-state index >= 15 is 0 Å². The lowest BCUT2D eigenvalue weighted by Gasteiger charge is -2.24. The second-order valence-electron chi connectivity index (χ2n) is 4.62. The van der Waals surface area contributed by atoms with Crippen LogP contribution in [0.4, 0.5) is 5.69 Å². The Morgan fingerprint density at radius 3 is 2.68 bits per heavy atom. The third kappa shape index (κ3) is 4.56. The maximum Gasteiger partial charge on any atom is 0.0792 e. The molecule has 0 heterocycles. The first-order valence-corrected chi connectivity index (χ1v) is 7.64. The summed E-state index contributed by atoms with van der Waals surface area (Å²) in [5.74, 6) is 2.73. The van der Waals surface area contributed by atoms with E-state index in [1.165, 1.54) is 11.3 Å². The standard InChI is InChI=1S/C16H23BrN2/c1-5-10-19(11-6-2)16-9-8-14(12-15(16)17)13(4)18-7-3/h1,8-9,12-13,18H,6-7,10-11H2,2-4H3. The summed E-state index contributed by atoms with van der Waals surface area (Å²) in [5.41, 5.74) is 2.46. The number of anilines is 1. The predicted octanol–water partition coefficient (Wildman–Crippen LogP) is 3.97. The Morgan fingerprint density at radius 1 is 1.42 bits per heavy atom. The Kier molecular flexibility index (Phi) is 6.97. The van der Waals surface area contributed by atoms with Crippen LogP contribution in [0.15, 0.2) is 22.7 Å². The van der Waals surface area contributed by atoms with Crippen molar-refractivity contribution in [2.75, 3.05) is 24.5 Å². The van der Waals surface area contributed by atoms with Gasteiger partial charge in [-0.1, -0.05) is 25.8 Å². The number of hydrogen-bond acceptors (Lipinski definition) is 2. The molecule has 0 spiro atoms. The van der Waals surface area contributed by atoms with Gasteiger partial charge >= 0.3 is 0 Å². The Bertz CT molecular complexity index is 437. The molecule has 0 aromatic heterocycles. The summed E-state index contributed by atoms with van der Waals surface area (Å²) in [6.07, 6.45) is 6.53. The third-order valence-electron chi connectivity index (χ3n) is 3.10. The second kappa shape index (κ2) is 8.24. The van der Waals surface area contributed by atoms with E-state index in [9.17, 15) is 0 Å². The van der Waals surface area contributed by atoms with Crippen LogP contribution in [0.5, 0.6) is 0 Å². The minimum atomic E-state index is 0.364. The molecule has 1 unspecified atom stereocenters. The molecule has 0 radical (unpaired) electrons. The third-order valence-corrected chi connectivity index (χ3v) is 3.73. The van der Waals surface area contributed by atoms with Gasteiger partial charge in [0.1, 0.15) is 0 Å². The minimum Gasteiger partial charge on any atom is -0.359 e. The Hall–Kier alpha value is -0.980. The zero-order valence-corrected chi connectivity index (χ0v) is 13.6. The molecule has 3 heteroatoms. The van der Waals surface area contributed by atoms with E-state index in [1.807, 2.05) is 0 Å². The molecule has 0 aliphatic heterocycles. The summed E-state index contributed by atoms with van der Waals surface area (Å²) in [4.78, 5) is 2.23. The number of nitrogens with one attached hydrogen (secondary N) is 1. The van der Waals surface area contributed by atoms with Gasteiger partial charge < -0.3 is 10.2 Å². The highest BCUT2D eigenvalue weighted by Gasteiger charge is 2.11. The van der Waals surface area contributed by atoms with E-state index in [0.29, 0.717) is 12.6 Å². The quantitative estimate of drug-likeness (QED) is 0.764. The average Bonchev–Trinajstić information content (AvgIpc) is 2.39. The monoisotopic (exact) mass is 322 g/mol. The topological polar surface area (TPSA) is 15.3 Å². The number of rotatable bonds is 7. The number of halogens is 1. The summed E-state index contributed by atoms with van der Waals surface area (Å²) in [5, 5.41) is 3.42. The van der Waals surface area contributed by atoms with Gasteiger partial charge in [0.2, 0.25) is 0 Å². The normalized spacial score (nSPS) is 11.9. The van der Waals surface area contributed by atoms with Crippen molar-refractivity contribution in [2.45, 2.75) is 33.2 Å². The fourth-order valence-electron chi connectivity index (χ4n) is 2.14. The van der Waals surface area contributed by atoms with E-state index in [1.54, 1.807) is 0 Å². The van der Waals surface area contributed by atoms with Crippen molar-refractivity contribution in [3.05, 3.63) is 28.2 Å². The highest BCUT2D eigenvalue weighted by atomic mass is 79.9. The molecule has 0 saturated carbocycles. The van der Waals surface area contributed by atoms with Gasteiger partial charge in [-0.25, -0.2) is 0 Å². The lowest BCUT2D eigenvalue weighted by atomic mass is 10.1. The molecular weight excluding hydrogens is 300 g/mol. The Labute approximate surface area is 125 Å². The van der Waals surface area contributed by atoms with E-state index in [2.05, 4.69) is 71.0 Å². The average molecular weight is 323 g/mol. The zero-order chi connectivity index (χ0) is 14.3. The fraction of sp³-hybridized carbons (Fsp3) is 0.500. The van der Waals surface area contributed by atoms with Crippen molar-refractivity contribution in [1.29, 1.82) is 0 Å². The van der Waals surface area contributed by atoms with Crippen LogP contribution >= 0.6 is 15.9 Å². The predicted molar refractivity (Wildman–Crippen MR) is 87.6 cm³/mol. The molecule has 0 aliphatic rings.